The molecule has 2 aromatic carbocycles. The summed E-state index contributed by atoms with van der Waals surface area (Å²) in [7, 11) is 0. The van der Waals surface area contributed by atoms with Crippen molar-refractivity contribution in [2.24, 2.45) is 21.0 Å². The molecule has 0 aromatic heterocycles. The Morgan fingerprint density at radius 3 is 2.04 bits per heavy atom. The molecule has 124 valence electrons. The molecule has 0 saturated heterocycles. The Kier molecular flexibility index (Phi) is 6.00. The van der Waals surface area contributed by atoms with Crippen molar-refractivity contribution in [3.63, 3.8) is 0 Å². The maximum atomic E-state index is 9.65. The van der Waals surface area contributed by atoms with Crippen molar-refractivity contribution in [1.29, 1.82) is 0 Å². The zero-order valence-corrected chi connectivity index (χ0v) is 13.7. The van der Waals surface area contributed by atoms with Crippen LogP contribution in [0.2, 0.25) is 10.0 Å². The van der Waals surface area contributed by atoms with Crippen LogP contribution in [0.4, 0.5) is 0 Å². The molecule has 0 heterocycles. The van der Waals surface area contributed by atoms with Crippen molar-refractivity contribution in [2.45, 2.75) is 0 Å². The smallest absolute Gasteiger partial charge is 0.234 e. The Morgan fingerprint density at radius 2 is 1.50 bits per heavy atom. The van der Waals surface area contributed by atoms with Crippen LogP contribution in [0.3, 0.4) is 0 Å². The molecule has 0 fully saturated rings. The number of hydrogen-bond donors (Lipinski definition) is 4. The van der Waals surface area contributed by atoms with E-state index in [9.17, 15) is 10.2 Å². The number of guanidine groups is 1. The highest BCUT2D eigenvalue weighted by Crippen LogP contribution is 2.20. The first-order chi connectivity index (χ1) is 11.5. The molecule has 0 aliphatic rings. The van der Waals surface area contributed by atoms with Gasteiger partial charge in [0, 0.05) is 21.2 Å². The third-order valence-electron chi connectivity index (χ3n) is 2.73. The van der Waals surface area contributed by atoms with Crippen LogP contribution in [0.25, 0.3) is 0 Å². The fourth-order valence-corrected chi connectivity index (χ4v) is 1.93. The van der Waals surface area contributed by atoms with Crippen LogP contribution in [0.1, 0.15) is 11.1 Å². The van der Waals surface area contributed by atoms with Crippen LogP contribution < -0.4 is 11.2 Å². The normalized spacial score (nSPS) is 12.2. The third-order valence-corrected chi connectivity index (χ3v) is 3.20. The molecule has 0 atom stereocenters. The van der Waals surface area contributed by atoms with Gasteiger partial charge in [-0.15, -0.1) is 5.10 Å². The van der Waals surface area contributed by atoms with E-state index in [4.69, 9.17) is 28.9 Å². The number of phenolic OH excluding ortho intramolecular Hbond substituents is 2. The molecule has 24 heavy (non-hydrogen) atoms. The molecule has 2 rings (SSSR count). The zero-order valence-electron chi connectivity index (χ0n) is 12.2. The lowest BCUT2D eigenvalue weighted by Gasteiger charge is -2.00. The minimum atomic E-state index is -0.0793. The fourth-order valence-electron chi connectivity index (χ4n) is 1.60. The van der Waals surface area contributed by atoms with E-state index in [2.05, 4.69) is 20.7 Å². The summed E-state index contributed by atoms with van der Waals surface area (Å²) >= 11 is 11.5. The standard InChI is InChI=1S/C15H13Cl2N5O2/c16-11-3-1-9(13(23)5-11)7-19-21-15(18)22-20-8-10-2-4-12(17)6-14(10)24/h1-8,23-24H,(H3,18,21,22)/b19-7+,20-8+. The van der Waals surface area contributed by atoms with E-state index >= 15 is 0 Å². The van der Waals surface area contributed by atoms with E-state index < -0.39 is 0 Å². The van der Waals surface area contributed by atoms with Crippen LogP contribution in [0, 0.1) is 0 Å². The van der Waals surface area contributed by atoms with Crippen molar-refractivity contribution < 1.29 is 10.2 Å². The molecule has 0 radical (unpaired) electrons. The van der Waals surface area contributed by atoms with Crippen molar-refractivity contribution >= 4 is 41.6 Å². The first kappa shape index (κ1) is 17.6. The molecule has 0 spiro atoms. The van der Waals surface area contributed by atoms with Crippen LogP contribution >= 0.6 is 23.2 Å². The number of hydrazone groups is 1. The van der Waals surface area contributed by atoms with Gasteiger partial charge in [-0.3, -0.25) is 0 Å². The maximum Gasteiger partial charge on any atom is 0.234 e. The molecule has 0 bridgehead atoms. The van der Waals surface area contributed by atoms with Crippen molar-refractivity contribution in [3.8, 4) is 11.5 Å². The third kappa shape index (κ3) is 5.15. The largest absolute Gasteiger partial charge is 0.507 e. The fraction of sp³-hybridized carbons (Fsp3) is 0. The van der Waals surface area contributed by atoms with E-state index in [1.54, 1.807) is 24.3 Å². The van der Waals surface area contributed by atoms with Crippen molar-refractivity contribution in [2.75, 3.05) is 0 Å². The summed E-state index contributed by atoms with van der Waals surface area (Å²) in [6.07, 6.45) is 2.66. The number of hydrogen-bond acceptors (Lipinski definition) is 5. The number of halogens is 2. The van der Waals surface area contributed by atoms with Gasteiger partial charge in [0.1, 0.15) is 11.5 Å². The molecule has 0 aliphatic heterocycles. The zero-order chi connectivity index (χ0) is 17.5. The second kappa shape index (κ2) is 8.19. The van der Waals surface area contributed by atoms with Crippen LogP contribution in [0.5, 0.6) is 11.5 Å². The molecule has 0 aliphatic carbocycles. The first-order valence-electron chi connectivity index (χ1n) is 6.58. The Morgan fingerprint density at radius 1 is 0.958 bits per heavy atom. The molecular formula is C15H13Cl2N5O2. The van der Waals surface area contributed by atoms with E-state index in [-0.39, 0.29) is 17.5 Å². The lowest BCUT2D eigenvalue weighted by atomic mass is 10.2. The van der Waals surface area contributed by atoms with Crippen LogP contribution in [-0.2, 0) is 0 Å². The lowest BCUT2D eigenvalue weighted by Crippen LogP contribution is -2.26. The summed E-state index contributed by atoms with van der Waals surface area (Å²) in [6, 6.07) is 9.18. The Labute approximate surface area is 147 Å². The predicted molar refractivity (Wildman–Crippen MR) is 96.2 cm³/mol. The number of aromatic hydroxyl groups is 2. The van der Waals surface area contributed by atoms with Crippen LogP contribution in [-0.4, -0.2) is 28.6 Å². The SMILES string of the molecule is N/C(=N\N=C\c1ccc(Cl)cc1O)N/N=C/c1ccc(Cl)cc1O. The Hall–Kier alpha value is -2.77. The van der Waals surface area contributed by atoms with Gasteiger partial charge in [-0.25, -0.2) is 5.43 Å². The molecule has 9 heteroatoms. The number of phenols is 2. The topological polar surface area (TPSA) is 116 Å². The van der Waals surface area contributed by atoms with E-state index in [0.717, 1.165) is 0 Å². The minimum absolute atomic E-state index is 0.0141. The number of nitrogens with one attached hydrogen (secondary N) is 1. The average Bonchev–Trinajstić information content (AvgIpc) is 2.51. The predicted octanol–water partition coefficient (Wildman–Crippen LogP) is 2.68. The second-order valence-electron chi connectivity index (χ2n) is 4.51. The summed E-state index contributed by atoms with van der Waals surface area (Å²) in [5, 5.41) is 31.3. The lowest BCUT2D eigenvalue weighted by molar-refractivity contribution is 0.474. The number of nitrogens with two attached hydrogens (primary N) is 1. The monoisotopic (exact) mass is 365 g/mol. The highest BCUT2D eigenvalue weighted by molar-refractivity contribution is 6.31. The van der Waals surface area contributed by atoms with Crippen molar-refractivity contribution in [1.82, 2.24) is 5.43 Å². The molecular weight excluding hydrogens is 353 g/mol. The van der Waals surface area contributed by atoms with Gasteiger partial charge in [-0.1, -0.05) is 23.2 Å². The van der Waals surface area contributed by atoms with Gasteiger partial charge in [0.25, 0.3) is 0 Å². The average molecular weight is 366 g/mol. The molecule has 7 nitrogen and oxygen atoms in total. The van der Waals surface area contributed by atoms with Gasteiger partial charge in [-0.05, 0) is 36.4 Å². The number of nitrogens with zero attached hydrogens (tertiary/aromatic N) is 3. The molecule has 0 amide bonds. The summed E-state index contributed by atoms with van der Waals surface area (Å²) in [6.45, 7) is 0. The van der Waals surface area contributed by atoms with Gasteiger partial charge < -0.3 is 15.9 Å². The quantitative estimate of drug-likeness (QED) is 0.378. The van der Waals surface area contributed by atoms with E-state index in [1.807, 2.05) is 0 Å². The highest BCUT2D eigenvalue weighted by Gasteiger charge is 1.99. The summed E-state index contributed by atoms with van der Waals surface area (Å²) in [5.74, 6) is -0.117. The Bertz CT molecular complexity index is 822. The van der Waals surface area contributed by atoms with E-state index in [0.29, 0.717) is 21.2 Å². The van der Waals surface area contributed by atoms with Gasteiger partial charge in [-0.2, -0.15) is 10.2 Å². The van der Waals surface area contributed by atoms with Gasteiger partial charge in [0.2, 0.25) is 5.96 Å². The van der Waals surface area contributed by atoms with Gasteiger partial charge in [0.05, 0.1) is 12.4 Å². The number of benzene rings is 2. The summed E-state index contributed by atoms with van der Waals surface area (Å²) in [5.41, 5.74) is 8.90. The van der Waals surface area contributed by atoms with Gasteiger partial charge in [0.15, 0.2) is 0 Å². The number of rotatable bonds is 4. The van der Waals surface area contributed by atoms with Crippen molar-refractivity contribution in [3.05, 3.63) is 57.6 Å². The molecule has 0 unspecified atom stereocenters. The minimum Gasteiger partial charge on any atom is -0.507 e. The summed E-state index contributed by atoms with van der Waals surface area (Å²) < 4.78 is 0. The van der Waals surface area contributed by atoms with Gasteiger partial charge >= 0.3 is 0 Å². The van der Waals surface area contributed by atoms with Crippen LogP contribution in [0.15, 0.2) is 51.7 Å². The molecule has 2 aromatic rings. The highest BCUT2D eigenvalue weighted by atomic mass is 35.5. The first-order valence-corrected chi connectivity index (χ1v) is 7.34. The molecule has 0 saturated carbocycles. The van der Waals surface area contributed by atoms with E-state index in [1.165, 1.54) is 24.6 Å². The summed E-state index contributed by atoms with van der Waals surface area (Å²) in [4.78, 5) is 0. The maximum absolute atomic E-state index is 9.65. The second-order valence-corrected chi connectivity index (χ2v) is 5.38. The molecule has 5 N–H and O–H groups in total. The Balaban J connectivity index is 1.96.